The lowest BCUT2D eigenvalue weighted by molar-refractivity contribution is -0.174. The molecule has 3 nitrogen and oxygen atoms in total. The van der Waals surface area contributed by atoms with Crippen molar-refractivity contribution < 1.29 is 27.4 Å². The fourth-order valence-corrected chi connectivity index (χ4v) is 1.79. The average Bonchev–Trinajstić information content (AvgIpc) is 2.41. The van der Waals surface area contributed by atoms with Gasteiger partial charge in [-0.3, -0.25) is 0 Å². The summed E-state index contributed by atoms with van der Waals surface area (Å²) in [7, 11) is 1.53. The molecule has 0 amide bonds. The van der Waals surface area contributed by atoms with Crippen molar-refractivity contribution in [3.05, 3.63) is 23.8 Å². The highest BCUT2D eigenvalue weighted by Crippen LogP contribution is 2.28. The minimum atomic E-state index is -4.28. The second-order valence-electron chi connectivity index (χ2n) is 3.99. The van der Waals surface area contributed by atoms with E-state index < -0.39 is 12.8 Å². The van der Waals surface area contributed by atoms with Crippen molar-refractivity contribution in [2.45, 2.75) is 17.9 Å². The second kappa shape index (κ2) is 8.36. The zero-order chi connectivity index (χ0) is 15.0. The molecule has 1 aromatic carbocycles. The van der Waals surface area contributed by atoms with Crippen LogP contribution in [-0.2, 0) is 10.1 Å². The predicted molar refractivity (Wildman–Crippen MR) is 72.6 cm³/mol. The van der Waals surface area contributed by atoms with Gasteiger partial charge in [0.25, 0.3) is 0 Å². The third-order valence-corrected chi connectivity index (χ3v) is 2.99. The van der Waals surface area contributed by atoms with Gasteiger partial charge >= 0.3 is 6.18 Å². The van der Waals surface area contributed by atoms with Crippen molar-refractivity contribution in [1.29, 1.82) is 0 Å². The smallest absolute Gasteiger partial charge is 0.411 e. The van der Waals surface area contributed by atoms with Crippen LogP contribution in [0, 0.1) is 0 Å². The van der Waals surface area contributed by atoms with E-state index in [0.29, 0.717) is 23.2 Å². The number of methoxy groups -OCH3 is 1. The van der Waals surface area contributed by atoms with Gasteiger partial charge in [-0.1, -0.05) is 22.0 Å². The van der Waals surface area contributed by atoms with E-state index in [-0.39, 0.29) is 13.2 Å². The first-order valence-electron chi connectivity index (χ1n) is 5.96. The van der Waals surface area contributed by atoms with Gasteiger partial charge in [0.1, 0.15) is 6.61 Å². The number of ether oxygens (including phenoxy) is 3. The summed E-state index contributed by atoms with van der Waals surface area (Å²) in [4.78, 5) is 0. The summed E-state index contributed by atoms with van der Waals surface area (Å²) >= 11 is 3.34. The van der Waals surface area contributed by atoms with Crippen LogP contribution >= 0.6 is 15.9 Å². The lowest BCUT2D eigenvalue weighted by Crippen LogP contribution is -2.18. The van der Waals surface area contributed by atoms with E-state index in [1.54, 1.807) is 6.07 Å². The summed E-state index contributed by atoms with van der Waals surface area (Å²) in [6, 6.07) is 5.49. The minimum absolute atomic E-state index is 0.00130. The fraction of sp³-hybridized carbons (Fsp3) is 0.538. The van der Waals surface area contributed by atoms with E-state index in [1.165, 1.54) is 7.11 Å². The Labute approximate surface area is 124 Å². The first-order valence-corrected chi connectivity index (χ1v) is 7.08. The maximum Gasteiger partial charge on any atom is 0.411 e. The first kappa shape index (κ1) is 17.1. The van der Waals surface area contributed by atoms with E-state index in [4.69, 9.17) is 9.47 Å². The molecule has 114 valence electrons. The molecule has 0 bridgehead atoms. The third-order valence-electron chi connectivity index (χ3n) is 2.34. The Kier molecular flexibility index (Phi) is 7.15. The lowest BCUT2D eigenvalue weighted by atomic mass is 10.2. The first-order chi connectivity index (χ1) is 9.46. The molecule has 0 saturated heterocycles. The van der Waals surface area contributed by atoms with Gasteiger partial charge in [-0.05, 0) is 17.7 Å². The quantitative estimate of drug-likeness (QED) is 0.521. The van der Waals surface area contributed by atoms with Crippen LogP contribution in [0.3, 0.4) is 0 Å². The van der Waals surface area contributed by atoms with Crippen LogP contribution in [0.2, 0.25) is 0 Å². The van der Waals surface area contributed by atoms with Crippen molar-refractivity contribution >= 4 is 15.9 Å². The second-order valence-corrected chi connectivity index (χ2v) is 4.55. The molecule has 1 aromatic rings. The monoisotopic (exact) mass is 356 g/mol. The molecule has 20 heavy (non-hydrogen) atoms. The van der Waals surface area contributed by atoms with Crippen LogP contribution in [0.5, 0.6) is 11.5 Å². The summed E-state index contributed by atoms with van der Waals surface area (Å²) in [5.41, 5.74) is 1.04. The normalized spacial score (nSPS) is 11.4. The Balaban J connectivity index is 2.31. The lowest BCUT2D eigenvalue weighted by Gasteiger charge is -2.12. The third kappa shape index (κ3) is 6.47. The minimum Gasteiger partial charge on any atom is -0.493 e. The number of halogens is 4. The van der Waals surface area contributed by atoms with Gasteiger partial charge < -0.3 is 14.2 Å². The van der Waals surface area contributed by atoms with E-state index in [1.807, 2.05) is 12.1 Å². The molecule has 7 heteroatoms. The van der Waals surface area contributed by atoms with Crippen LogP contribution in [-0.4, -0.2) is 33.1 Å². The Morgan fingerprint density at radius 1 is 1.15 bits per heavy atom. The molecule has 0 aliphatic rings. The van der Waals surface area contributed by atoms with Gasteiger partial charge in [-0.2, -0.15) is 13.2 Å². The predicted octanol–water partition coefficient (Wildman–Crippen LogP) is 3.94. The highest BCUT2D eigenvalue weighted by Gasteiger charge is 2.27. The zero-order valence-electron chi connectivity index (χ0n) is 11.0. The Bertz CT molecular complexity index is 410. The number of alkyl halides is 4. The van der Waals surface area contributed by atoms with Gasteiger partial charge in [0.2, 0.25) is 0 Å². The summed E-state index contributed by atoms with van der Waals surface area (Å²) in [6.45, 7) is -0.959. The van der Waals surface area contributed by atoms with E-state index in [0.717, 1.165) is 5.56 Å². The fourth-order valence-electron chi connectivity index (χ4n) is 1.45. The van der Waals surface area contributed by atoms with E-state index in [9.17, 15) is 13.2 Å². The molecule has 1 rings (SSSR count). The van der Waals surface area contributed by atoms with Gasteiger partial charge in [-0.25, -0.2) is 0 Å². The van der Waals surface area contributed by atoms with Crippen molar-refractivity contribution in [2.24, 2.45) is 0 Å². The van der Waals surface area contributed by atoms with Gasteiger partial charge in [0.05, 0.1) is 20.3 Å². The number of hydrogen-bond donors (Lipinski definition) is 0. The van der Waals surface area contributed by atoms with E-state index >= 15 is 0 Å². The van der Waals surface area contributed by atoms with Crippen molar-refractivity contribution in [3.8, 4) is 11.5 Å². The van der Waals surface area contributed by atoms with Gasteiger partial charge in [-0.15, -0.1) is 0 Å². The highest BCUT2D eigenvalue weighted by atomic mass is 79.9. The molecule has 0 heterocycles. The van der Waals surface area contributed by atoms with Gasteiger partial charge in [0, 0.05) is 11.8 Å². The molecule has 0 fully saturated rings. The van der Waals surface area contributed by atoms with Crippen LogP contribution < -0.4 is 9.47 Å². The maximum atomic E-state index is 11.8. The Morgan fingerprint density at radius 2 is 1.90 bits per heavy atom. The van der Waals surface area contributed by atoms with Crippen LogP contribution in [0.25, 0.3) is 0 Å². The standard InChI is InChI=1S/C13H16BrF3O3/c1-18-12-7-10(8-14)3-4-11(12)20-6-2-5-19-9-13(15,16)17/h3-4,7H,2,5-6,8-9H2,1H3. The van der Waals surface area contributed by atoms with Crippen molar-refractivity contribution in [1.82, 2.24) is 0 Å². The molecule has 0 aliphatic carbocycles. The largest absolute Gasteiger partial charge is 0.493 e. The van der Waals surface area contributed by atoms with Crippen molar-refractivity contribution in [2.75, 3.05) is 26.9 Å². The molecular weight excluding hydrogens is 341 g/mol. The number of hydrogen-bond acceptors (Lipinski definition) is 3. The molecule has 0 saturated carbocycles. The molecule has 0 spiro atoms. The average molecular weight is 357 g/mol. The molecule has 0 N–H and O–H groups in total. The van der Waals surface area contributed by atoms with Crippen LogP contribution in [0.15, 0.2) is 18.2 Å². The molecule has 0 aromatic heterocycles. The van der Waals surface area contributed by atoms with Crippen LogP contribution in [0.4, 0.5) is 13.2 Å². The maximum absolute atomic E-state index is 11.8. The summed E-state index contributed by atoms with van der Waals surface area (Å²) < 4.78 is 50.6. The molecular formula is C13H16BrF3O3. The van der Waals surface area contributed by atoms with Crippen molar-refractivity contribution in [3.63, 3.8) is 0 Å². The summed E-state index contributed by atoms with van der Waals surface area (Å²) in [5, 5.41) is 0.703. The topological polar surface area (TPSA) is 27.7 Å². The Hall–Kier alpha value is -0.950. The Morgan fingerprint density at radius 3 is 2.50 bits per heavy atom. The number of benzene rings is 1. The SMILES string of the molecule is COc1cc(CBr)ccc1OCCCOCC(F)(F)F. The summed E-state index contributed by atoms with van der Waals surface area (Å²) in [6.07, 6.45) is -3.91. The molecule has 0 radical (unpaired) electrons. The van der Waals surface area contributed by atoms with Gasteiger partial charge in [0.15, 0.2) is 11.5 Å². The van der Waals surface area contributed by atoms with E-state index in [2.05, 4.69) is 20.7 Å². The molecule has 0 unspecified atom stereocenters. The van der Waals surface area contributed by atoms with Crippen LogP contribution in [0.1, 0.15) is 12.0 Å². The zero-order valence-corrected chi connectivity index (χ0v) is 12.6. The highest BCUT2D eigenvalue weighted by molar-refractivity contribution is 9.08. The molecule has 0 atom stereocenters. The summed E-state index contributed by atoms with van der Waals surface area (Å²) in [5.74, 6) is 1.16. The number of rotatable bonds is 8. The molecule has 0 aliphatic heterocycles.